The van der Waals surface area contributed by atoms with Gasteiger partial charge in [-0.25, -0.2) is 9.18 Å². The molecule has 2 atom stereocenters. The van der Waals surface area contributed by atoms with Crippen LogP contribution >= 0.6 is 0 Å². The highest BCUT2D eigenvalue weighted by Gasteiger charge is 2.39. The Morgan fingerprint density at radius 2 is 1.65 bits per heavy atom. The van der Waals surface area contributed by atoms with Gasteiger partial charge in [0.2, 0.25) is 0 Å². The zero-order valence-electron chi connectivity index (χ0n) is 21.4. The molecule has 1 aliphatic rings. The van der Waals surface area contributed by atoms with Gasteiger partial charge in [0.25, 0.3) is 0 Å². The predicted molar refractivity (Wildman–Crippen MR) is 130 cm³/mol. The molecule has 3 rings (SSSR count). The average Bonchev–Trinajstić information content (AvgIpc) is 2.86. The number of carbonyl (C=O) groups excluding carboxylic acids is 1. The summed E-state index contributed by atoms with van der Waals surface area (Å²) in [6.07, 6.45) is -9.56. The molecule has 0 aromatic heterocycles. The molecule has 0 aliphatic heterocycles. The fourth-order valence-electron chi connectivity index (χ4n) is 4.44. The molecule has 0 spiro atoms. The Balaban J connectivity index is 2.00. The van der Waals surface area contributed by atoms with Crippen LogP contribution in [0.2, 0.25) is 0 Å². The number of carbonyl (C=O) groups is 2. The number of amides is 1. The van der Waals surface area contributed by atoms with E-state index in [2.05, 4.69) is 0 Å². The SMILES string of the molecule is CCN(Cc1cc(C(F)(F)F)ccc1C1C=C(C(F)(F)F)C=C(CC(=O)O)C1C)C(=O)OCc1ccc(F)cc1. The van der Waals surface area contributed by atoms with E-state index in [4.69, 9.17) is 4.74 Å². The Labute approximate surface area is 225 Å². The third-order valence-corrected chi connectivity index (χ3v) is 6.61. The van der Waals surface area contributed by atoms with Gasteiger partial charge in [-0.2, -0.15) is 26.3 Å². The molecule has 2 aromatic carbocycles. The molecule has 40 heavy (non-hydrogen) atoms. The van der Waals surface area contributed by atoms with Crippen LogP contribution in [0.5, 0.6) is 0 Å². The summed E-state index contributed by atoms with van der Waals surface area (Å²) in [6.45, 7) is 2.37. The first kappa shape index (κ1) is 30.7. The molecule has 2 unspecified atom stereocenters. The largest absolute Gasteiger partial charge is 0.481 e. The van der Waals surface area contributed by atoms with Crippen molar-refractivity contribution in [3.05, 3.63) is 93.8 Å². The summed E-state index contributed by atoms with van der Waals surface area (Å²) in [5.74, 6) is -3.77. The van der Waals surface area contributed by atoms with Crippen molar-refractivity contribution in [2.45, 2.75) is 51.7 Å². The van der Waals surface area contributed by atoms with E-state index in [1.807, 2.05) is 0 Å². The molecule has 216 valence electrons. The van der Waals surface area contributed by atoms with Crippen LogP contribution in [-0.2, 0) is 28.9 Å². The second-order valence-electron chi connectivity index (χ2n) is 9.33. The third-order valence-electron chi connectivity index (χ3n) is 6.61. The molecule has 12 heteroatoms. The summed E-state index contributed by atoms with van der Waals surface area (Å²) in [7, 11) is 0. The Morgan fingerprint density at radius 3 is 2.20 bits per heavy atom. The van der Waals surface area contributed by atoms with E-state index in [9.17, 15) is 45.4 Å². The topological polar surface area (TPSA) is 66.8 Å². The highest BCUT2D eigenvalue weighted by atomic mass is 19.4. The lowest BCUT2D eigenvalue weighted by Crippen LogP contribution is -2.32. The average molecular weight is 574 g/mol. The van der Waals surface area contributed by atoms with Gasteiger partial charge < -0.3 is 14.7 Å². The first-order chi connectivity index (χ1) is 18.6. The lowest BCUT2D eigenvalue weighted by Gasteiger charge is -2.32. The van der Waals surface area contributed by atoms with Gasteiger partial charge >= 0.3 is 24.4 Å². The van der Waals surface area contributed by atoms with Crippen LogP contribution in [0.25, 0.3) is 0 Å². The van der Waals surface area contributed by atoms with E-state index in [1.54, 1.807) is 6.92 Å². The lowest BCUT2D eigenvalue weighted by molar-refractivity contribution is -0.138. The molecule has 1 aliphatic carbocycles. The van der Waals surface area contributed by atoms with Gasteiger partial charge in [0.1, 0.15) is 12.4 Å². The number of benzene rings is 2. The molecule has 0 heterocycles. The van der Waals surface area contributed by atoms with E-state index in [0.717, 1.165) is 47.4 Å². The molecule has 0 bridgehead atoms. The number of alkyl halides is 6. The number of nitrogens with zero attached hydrogens (tertiary/aromatic N) is 1. The summed E-state index contributed by atoms with van der Waals surface area (Å²) in [4.78, 5) is 25.2. The van der Waals surface area contributed by atoms with Crippen LogP contribution in [0.1, 0.15) is 48.4 Å². The number of ether oxygens (including phenoxy) is 1. The zero-order valence-corrected chi connectivity index (χ0v) is 21.4. The van der Waals surface area contributed by atoms with Crippen LogP contribution in [0, 0.1) is 11.7 Å². The predicted octanol–water partition coefficient (Wildman–Crippen LogP) is 7.63. The number of carboxylic acid groups (broad SMARTS) is 1. The van der Waals surface area contributed by atoms with Crippen molar-refractivity contribution in [3.8, 4) is 0 Å². The van der Waals surface area contributed by atoms with Crippen molar-refractivity contribution < 1.29 is 50.2 Å². The molecule has 5 nitrogen and oxygen atoms in total. The van der Waals surface area contributed by atoms with E-state index in [1.165, 1.54) is 19.1 Å². The highest BCUT2D eigenvalue weighted by molar-refractivity contribution is 5.71. The van der Waals surface area contributed by atoms with E-state index >= 15 is 0 Å². The zero-order chi connectivity index (χ0) is 29.8. The second kappa shape index (κ2) is 12.1. The van der Waals surface area contributed by atoms with Crippen molar-refractivity contribution in [2.75, 3.05) is 6.54 Å². The maximum atomic E-state index is 13.7. The Morgan fingerprint density at radius 1 is 1.00 bits per heavy atom. The summed E-state index contributed by atoms with van der Waals surface area (Å²) in [6, 6.07) is 7.68. The normalized spacial score (nSPS) is 17.6. The van der Waals surface area contributed by atoms with Crippen molar-refractivity contribution in [3.63, 3.8) is 0 Å². The summed E-state index contributed by atoms with van der Waals surface area (Å²) >= 11 is 0. The van der Waals surface area contributed by atoms with Gasteiger partial charge in [0.05, 0.1) is 17.6 Å². The smallest absolute Gasteiger partial charge is 0.416 e. The fraction of sp³-hybridized carbons (Fsp3) is 0.357. The minimum atomic E-state index is -4.83. The van der Waals surface area contributed by atoms with E-state index in [-0.39, 0.29) is 29.9 Å². The monoisotopic (exact) mass is 573 g/mol. The summed E-state index contributed by atoms with van der Waals surface area (Å²) < 4.78 is 100. The lowest BCUT2D eigenvalue weighted by atomic mass is 9.74. The first-order valence-corrected chi connectivity index (χ1v) is 12.2. The summed E-state index contributed by atoms with van der Waals surface area (Å²) in [5.41, 5.74) is -1.73. The maximum absolute atomic E-state index is 13.7. The molecule has 0 fully saturated rings. The van der Waals surface area contributed by atoms with Gasteiger partial charge in [-0.1, -0.05) is 42.8 Å². The van der Waals surface area contributed by atoms with Gasteiger partial charge in [0.15, 0.2) is 0 Å². The van der Waals surface area contributed by atoms with Gasteiger partial charge in [-0.05, 0) is 53.8 Å². The van der Waals surface area contributed by atoms with Gasteiger partial charge in [-0.3, -0.25) is 4.79 Å². The van der Waals surface area contributed by atoms with Crippen molar-refractivity contribution in [2.24, 2.45) is 5.92 Å². The Bertz CT molecular complexity index is 1300. The van der Waals surface area contributed by atoms with Crippen LogP contribution in [0.4, 0.5) is 35.5 Å². The molecule has 1 N–H and O–H groups in total. The van der Waals surface area contributed by atoms with Gasteiger partial charge in [0, 0.05) is 19.0 Å². The standard InChI is InChI=1S/C28H26F7NO4/c1-3-36(26(39)40-15-17-4-7-22(29)8-5-17)14-19-11-20(27(30,31)32)6-9-23(19)24-13-21(28(33,34)35)10-18(16(24)2)12-25(37)38/h4-11,13,16,24H,3,12,14-15H2,1-2H3,(H,37,38). The minimum Gasteiger partial charge on any atom is -0.481 e. The Kier molecular flexibility index (Phi) is 9.32. The first-order valence-electron chi connectivity index (χ1n) is 12.2. The van der Waals surface area contributed by atoms with E-state index in [0.29, 0.717) is 5.56 Å². The quantitative estimate of drug-likeness (QED) is 0.330. The summed E-state index contributed by atoms with van der Waals surface area (Å²) in [5, 5.41) is 9.23. The number of hydrogen-bond donors (Lipinski definition) is 1. The van der Waals surface area contributed by atoms with Crippen LogP contribution in [0.3, 0.4) is 0 Å². The maximum Gasteiger partial charge on any atom is 0.416 e. The number of allylic oxidation sites excluding steroid dienone is 3. The number of halogens is 7. The molecule has 0 saturated carbocycles. The van der Waals surface area contributed by atoms with Gasteiger partial charge in [-0.15, -0.1) is 0 Å². The molecular formula is C28H26F7NO4. The van der Waals surface area contributed by atoms with Crippen molar-refractivity contribution >= 4 is 12.1 Å². The highest BCUT2D eigenvalue weighted by Crippen LogP contribution is 2.44. The molecule has 0 radical (unpaired) electrons. The van der Waals surface area contributed by atoms with Crippen molar-refractivity contribution in [1.29, 1.82) is 0 Å². The number of aliphatic carboxylic acids is 1. The third kappa shape index (κ3) is 7.64. The van der Waals surface area contributed by atoms with Crippen LogP contribution in [0.15, 0.2) is 65.8 Å². The molecule has 2 aromatic rings. The molecule has 0 saturated heterocycles. The minimum absolute atomic E-state index is 0.00797. The fourth-order valence-corrected chi connectivity index (χ4v) is 4.44. The van der Waals surface area contributed by atoms with Crippen LogP contribution < -0.4 is 0 Å². The van der Waals surface area contributed by atoms with Crippen molar-refractivity contribution in [1.82, 2.24) is 4.90 Å². The molecular weight excluding hydrogens is 547 g/mol. The van der Waals surface area contributed by atoms with Crippen LogP contribution in [-0.4, -0.2) is 34.8 Å². The number of carboxylic acids is 1. The van der Waals surface area contributed by atoms with E-state index < -0.39 is 66.2 Å². The number of hydrogen-bond acceptors (Lipinski definition) is 3. The molecule has 1 amide bonds. The Hall–Kier alpha value is -3.83. The number of rotatable bonds is 8. The second-order valence-corrected chi connectivity index (χ2v) is 9.33.